The number of carbonyl (C=O) groups excluding carboxylic acids is 1. The molecule has 0 amide bonds. The minimum Gasteiger partial charge on any atom is -0.304 e. The summed E-state index contributed by atoms with van der Waals surface area (Å²) in [6.45, 7) is 2.49. The first-order valence-corrected chi connectivity index (χ1v) is 10.1. The SMILES string of the molecule is CC(F)(F)[P+](c1ccccc1)(c1ccccc1)c1ccccc1.CC=O. The van der Waals surface area contributed by atoms with Gasteiger partial charge in [-0.05, 0) is 43.3 Å². The molecule has 3 aromatic rings. The third-order valence-corrected chi connectivity index (χ3v) is 8.42. The maximum atomic E-state index is 15.1. The average Bonchev–Trinajstić information content (AvgIpc) is 2.65. The number of rotatable bonds is 4. The summed E-state index contributed by atoms with van der Waals surface area (Å²) in [6, 6.07) is 27.5. The van der Waals surface area contributed by atoms with Crippen LogP contribution >= 0.6 is 7.26 Å². The maximum absolute atomic E-state index is 15.1. The van der Waals surface area contributed by atoms with Crippen LogP contribution in [0.1, 0.15) is 13.8 Å². The van der Waals surface area contributed by atoms with Gasteiger partial charge in [-0.25, -0.2) is 0 Å². The largest absolute Gasteiger partial charge is 0.365 e. The second-order valence-electron chi connectivity index (χ2n) is 5.76. The fourth-order valence-electron chi connectivity index (χ4n) is 3.08. The van der Waals surface area contributed by atoms with E-state index in [1.54, 1.807) is 0 Å². The molecule has 1 nitrogen and oxygen atoms in total. The van der Waals surface area contributed by atoms with E-state index in [9.17, 15) is 0 Å². The molecule has 0 aromatic heterocycles. The summed E-state index contributed by atoms with van der Waals surface area (Å²) in [5.41, 5.74) is -2.86. The van der Waals surface area contributed by atoms with Crippen molar-refractivity contribution in [1.29, 1.82) is 0 Å². The number of carbonyl (C=O) groups is 1. The van der Waals surface area contributed by atoms with Gasteiger partial charge in [0.2, 0.25) is 0 Å². The summed E-state index contributed by atoms with van der Waals surface area (Å²) in [5, 5.41) is 2.10. The van der Waals surface area contributed by atoms with E-state index in [0.717, 1.165) is 13.2 Å². The third kappa shape index (κ3) is 3.89. The smallest absolute Gasteiger partial charge is 0.304 e. The fraction of sp³-hybridized carbons (Fsp3) is 0.136. The quantitative estimate of drug-likeness (QED) is 0.476. The fourth-order valence-corrected chi connectivity index (χ4v) is 7.19. The molecular formula is C22H22F2OP+. The Morgan fingerprint density at radius 2 is 0.923 bits per heavy atom. The molecule has 0 saturated heterocycles. The summed E-state index contributed by atoms with van der Waals surface area (Å²) in [4.78, 5) is 8.81. The van der Waals surface area contributed by atoms with Crippen molar-refractivity contribution in [2.24, 2.45) is 0 Å². The minimum atomic E-state index is -3.07. The Balaban J connectivity index is 0.000000758. The molecule has 3 aromatic carbocycles. The molecule has 0 saturated carbocycles. The first-order valence-electron chi connectivity index (χ1n) is 8.32. The van der Waals surface area contributed by atoms with Gasteiger partial charge in [-0.1, -0.05) is 54.6 Å². The van der Waals surface area contributed by atoms with Crippen LogP contribution in [-0.4, -0.2) is 11.9 Å². The van der Waals surface area contributed by atoms with E-state index in [0.29, 0.717) is 15.9 Å². The van der Waals surface area contributed by atoms with Crippen molar-refractivity contribution < 1.29 is 13.6 Å². The lowest BCUT2D eigenvalue weighted by Gasteiger charge is -2.31. The predicted octanol–water partition coefficient (Wildman–Crippen LogP) is 4.80. The highest BCUT2D eigenvalue weighted by Gasteiger charge is 2.62. The van der Waals surface area contributed by atoms with E-state index in [-0.39, 0.29) is 0 Å². The summed E-state index contributed by atoms with van der Waals surface area (Å²) in [5.74, 6) is 0. The van der Waals surface area contributed by atoms with Crippen LogP contribution < -0.4 is 15.9 Å². The molecule has 3 rings (SSSR count). The van der Waals surface area contributed by atoms with E-state index < -0.39 is 12.9 Å². The molecule has 0 fully saturated rings. The Labute approximate surface area is 154 Å². The van der Waals surface area contributed by atoms with E-state index in [1.807, 2.05) is 91.0 Å². The van der Waals surface area contributed by atoms with Gasteiger partial charge in [0.1, 0.15) is 22.2 Å². The lowest BCUT2D eigenvalue weighted by molar-refractivity contribution is -0.106. The predicted molar refractivity (Wildman–Crippen MR) is 108 cm³/mol. The van der Waals surface area contributed by atoms with Crippen molar-refractivity contribution >= 4 is 29.5 Å². The second kappa shape index (κ2) is 8.82. The molecule has 0 aliphatic carbocycles. The summed E-state index contributed by atoms with van der Waals surface area (Å²) < 4.78 is 30.3. The number of aldehydes is 1. The third-order valence-electron chi connectivity index (χ3n) is 4.02. The van der Waals surface area contributed by atoms with Crippen LogP contribution in [0.3, 0.4) is 0 Å². The Morgan fingerprint density at radius 1 is 0.692 bits per heavy atom. The van der Waals surface area contributed by atoms with Gasteiger partial charge in [-0.2, -0.15) is 8.78 Å². The first-order chi connectivity index (χ1) is 12.5. The normalized spacial score (nSPS) is 11.2. The van der Waals surface area contributed by atoms with Crippen LogP contribution in [0.2, 0.25) is 0 Å². The summed E-state index contributed by atoms with van der Waals surface area (Å²) in [6.07, 6.45) is 0.750. The molecule has 0 N–H and O–H groups in total. The van der Waals surface area contributed by atoms with Crippen LogP contribution in [0.15, 0.2) is 91.0 Å². The number of halogens is 2. The summed E-state index contributed by atoms with van der Waals surface area (Å²) >= 11 is 0. The Bertz CT molecular complexity index is 703. The lowest BCUT2D eigenvalue weighted by Crippen LogP contribution is -2.41. The van der Waals surface area contributed by atoms with Crippen molar-refractivity contribution in [3.05, 3.63) is 91.0 Å². The highest BCUT2D eigenvalue weighted by molar-refractivity contribution is 7.96. The lowest BCUT2D eigenvalue weighted by atomic mass is 10.4. The van der Waals surface area contributed by atoms with Gasteiger partial charge in [0.25, 0.3) is 0 Å². The van der Waals surface area contributed by atoms with Gasteiger partial charge < -0.3 is 4.79 Å². The number of hydrogen-bond donors (Lipinski definition) is 0. The molecule has 0 heterocycles. The number of hydrogen-bond acceptors (Lipinski definition) is 1. The van der Waals surface area contributed by atoms with Gasteiger partial charge in [0, 0.05) is 6.92 Å². The number of alkyl halides is 2. The van der Waals surface area contributed by atoms with Crippen LogP contribution in [-0.2, 0) is 4.79 Å². The highest BCUT2D eigenvalue weighted by atomic mass is 31.2. The topological polar surface area (TPSA) is 17.1 Å². The van der Waals surface area contributed by atoms with Crippen LogP contribution in [0.25, 0.3) is 0 Å². The molecule has 0 aliphatic heterocycles. The molecule has 4 heteroatoms. The van der Waals surface area contributed by atoms with Crippen molar-refractivity contribution in [1.82, 2.24) is 0 Å². The van der Waals surface area contributed by atoms with E-state index in [2.05, 4.69) is 0 Å². The highest BCUT2D eigenvalue weighted by Crippen LogP contribution is 2.67. The molecule has 0 atom stereocenters. The zero-order chi connectivity index (χ0) is 19.0. The second-order valence-corrected chi connectivity index (χ2v) is 9.43. The van der Waals surface area contributed by atoms with E-state index in [1.165, 1.54) is 6.92 Å². The molecular weight excluding hydrogens is 349 g/mol. The Kier molecular flexibility index (Phi) is 6.76. The standard InChI is InChI=1S/C20H18F2P.C2H4O/c1-20(21,22)23(17-11-5-2-6-12-17,18-13-7-3-8-14-18)19-15-9-4-10-16-19;1-2-3/h2-16H,1H3;2H,1H3/q+1;. The maximum Gasteiger partial charge on any atom is 0.365 e. The molecule has 0 bridgehead atoms. The van der Waals surface area contributed by atoms with Gasteiger partial charge in [-0.15, -0.1) is 0 Å². The van der Waals surface area contributed by atoms with E-state index >= 15 is 8.78 Å². The molecule has 0 spiro atoms. The Hall–Kier alpha value is -2.38. The summed E-state index contributed by atoms with van der Waals surface area (Å²) in [7, 11) is -3.07. The first kappa shape index (κ1) is 19.9. The minimum absolute atomic E-state index is 0.699. The van der Waals surface area contributed by atoms with Crippen molar-refractivity contribution in [2.75, 3.05) is 0 Å². The van der Waals surface area contributed by atoms with Crippen LogP contribution in [0, 0.1) is 0 Å². The Morgan fingerprint density at radius 3 is 1.12 bits per heavy atom. The number of benzene rings is 3. The van der Waals surface area contributed by atoms with E-state index in [4.69, 9.17) is 4.79 Å². The van der Waals surface area contributed by atoms with Crippen LogP contribution in [0.5, 0.6) is 0 Å². The van der Waals surface area contributed by atoms with Gasteiger partial charge in [0.05, 0.1) is 0 Å². The monoisotopic (exact) mass is 371 g/mol. The van der Waals surface area contributed by atoms with Gasteiger partial charge in [-0.3, -0.25) is 0 Å². The molecule has 0 unspecified atom stereocenters. The van der Waals surface area contributed by atoms with Gasteiger partial charge >= 0.3 is 5.66 Å². The van der Waals surface area contributed by atoms with Crippen molar-refractivity contribution in [3.63, 3.8) is 0 Å². The van der Waals surface area contributed by atoms with Gasteiger partial charge in [0.15, 0.2) is 7.26 Å². The molecule has 26 heavy (non-hydrogen) atoms. The molecule has 0 aliphatic rings. The molecule has 134 valence electrons. The van der Waals surface area contributed by atoms with Crippen molar-refractivity contribution in [2.45, 2.75) is 19.5 Å². The van der Waals surface area contributed by atoms with Crippen LogP contribution in [0.4, 0.5) is 8.78 Å². The zero-order valence-electron chi connectivity index (χ0n) is 14.8. The molecule has 0 radical (unpaired) electrons. The zero-order valence-corrected chi connectivity index (χ0v) is 15.7. The average molecular weight is 371 g/mol. The van der Waals surface area contributed by atoms with Crippen molar-refractivity contribution in [3.8, 4) is 0 Å².